The van der Waals surface area contributed by atoms with E-state index in [4.69, 9.17) is 16.3 Å². The molecule has 8 heteroatoms. The molecule has 4 aromatic rings. The molecule has 2 aromatic heterocycles. The highest BCUT2D eigenvalue weighted by molar-refractivity contribution is 6.34. The summed E-state index contributed by atoms with van der Waals surface area (Å²) in [5.74, 6) is 0.587. The van der Waals surface area contributed by atoms with Gasteiger partial charge in [-0.05, 0) is 67.4 Å². The Morgan fingerprint density at radius 3 is 2.59 bits per heavy atom. The number of carbonyl (C=O) groups is 1. The maximum atomic E-state index is 12.3. The van der Waals surface area contributed by atoms with E-state index in [-0.39, 0.29) is 12.2 Å². The van der Waals surface area contributed by atoms with Gasteiger partial charge in [0.1, 0.15) is 18.0 Å². The molecule has 162 valence electrons. The number of amides is 2. The second-order valence-electron chi connectivity index (χ2n) is 7.34. The Kier molecular flexibility index (Phi) is 6.09. The van der Waals surface area contributed by atoms with Crippen molar-refractivity contribution in [3.63, 3.8) is 0 Å². The van der Waals surface area contributed by atoms with Gasteiger partial charge in [-0.25, -0.2) is 9.78 Å². The molecule has 2 heterocycles. The molecule has 2 amide bonds. The summed E-state index contributed by atoms with van der Waals surface area (Å²) in [5.41, 5.74) is 4.01. The average Bonchev–Trinajstić information content (AvgIpc) is 2.75. The molecule has 4 rings (SSSR count). The Bertz CT molecular complexity index is 1330. The quantitative estimate of drug-likeness (QED) is 0.440. The molecule has 0 spiro atoms. The lowest BCUT2D eigenvalue weighted by Gasteiger charge is -2.12. The first-order valence-corrected chi connectivity index (χ1v) is 10.3. The van der Waals surface area contributed by atoms with Crippen molar-refractivity contribution in [2.24, 2.45) is 0 Å². The Balaban J connectivity index is 1.38. The van der Waals surface area contributed by atoms with Gasteiger partial charge in [0, 0.05) is 18.0 Å². The second kappa shape index (κ2) is 9.11. The summed E-state index contributed by atoms with van der Waals surface area (Å²) in [6, 6.07) is 17.1. The van der Waals surface area contributed by atoms with Crippen LogP contribution >= 0.6 is 11.6 Å². The summed E-state index contributed by atoms with van der Waals surface area (Å²) in [6.07, 6.45) is 1.71. The highest BCUT2D eigenvalue weighted by Crippen LogP contribution is 2.25. The Morgan fingerprint density at radius 2 is 1.84 bits per heavy atom. The number of halogens is 1. The van der Waals surface area contributed by atoms with E-state index in [0.717, 1.165) is 11.1 Å². The SMILES string of the molecule is Cc1ccn2c(=O)cc(COc3ccc(NC(=O)Nc4c(C)cccc4Cl)cc3)nc2c1. The van der Waals surface area contributed by atoms with Gasteiger partial charge >= 0.3 is 6.03 Å². The molecule has 0 fully saturated rings. The first-order chi connectivity index (χ1) is 15.4. The van der Waals surface area contributed by atoms with Gasteiger partial charge in [0.2, 0.25) is 0 Å². The molecular formula is C24H21ClN4O3. The van der Waals surface area contributed by atoms with Gasteiger partial charge in [-0.1, -0.05) is 23.7 Å². The van der Waals surface area contributed by atoms with Gasteiger partial charge in [-0.15, -0.1) is 0 Å². The Hall–Kier alpha value is -3.84. The number of rotatable bonds is 5. The van der Waals surface area contributed by atoms with Crippen LogP contribution in [0.5, 0.6) is 5.75 Å². The van der Waals surface area contributed by atoms with Crippen LogP contribution in [0.1, 0.15) is 16.8 Å². The van der Waals surface area contributed by atoms with E-state index in [2.05, 4.69) is 15.6 Å². The third kappa shape index (κ3) is 4.90. The van der Waals surface area contributed by atoms with E-state index >= 15 is 0 Å². The van der Waals surface area contributed by atoms with E-state index < -0.39 is 6.03 Å². The van der Waals surface area contributed by atoms with Crippen LogP contribution < -0.4 is 20.9 Å². The number of hydrogen-bond donors (Lipinski definition) is 2. The molecule has 0 aliphatic heterocycles. The third-order valence-electron chi connectivity index (χ3n) is 4.84. The van der Waals surface area contributed by atoms with Gasteiger partial charge in [0.15, 0.2) is 0 Å². The number of hydrogen-bond acceptors (Lipinski definition) is 4. The fraction of sp³-hybridized carbons (Fsp3) is 0.125. The predicted molar refractivity (Wildman–Crippen MR) is 126 cm³/mol. The van der Waals surface area contributed by atoms with E-state index in [1.165, 1.54) is 10.5 Å². The number of benzene rings is 2. The van der Waals surface area contributed by atoms with E-state index in [1.54, 1.807) is 36.5 Å². The lowest BCUT2D eigenvalue weighted by molar-refractivity contribution is 0.262. The molecule has 2 N–H and O–H groups in total. The Morgan fingerprint density at radius 1 is 1.06 bits per heavy atom. The monoisotopic (exact) mass is 448 g/mol. The number of anilines is 2. The first kappa shape index (κ1) is 21.4. The maximum Gasteiger partial charge on any atom is 0.323 e. The van der Waals surface area contributed by atoms with Crippen molar-refractivity contribution in [2.75, 3.05) is 10.6 Å². The van der Waals surface area contributed by atoms with Crippen molar-refractivity contribution in [1.29, 1.82) is 0 Å². The molecule has 0 unspecified atom stereocenters. The number of aryl methyl sites for hydroxylation is 2. The summed E-state index contributed by atoms with van der Waals surface area (Å²) in [6.45, 7) is 3.97. The molecule has 32 heavy (non-hydrogen) atoms. The molecule has 7 nitrogen and oxygen atoms in total. The number of aromatic nitrogens is 2. The summed E-state index contributed by atoms with van der Waals surface area (Å²) < 4.78 is 7.25. The number of pyridine rings is 1. The van der Waals surface area contributed by atoms with Crippen molar-refractivity contribution >= 4 is 34.7 Å². The summed E-state index contributed by atoms with van der Waals surface area (Å²) in [5, 5.41) is 5.99. The van der Waals surface area contributed by atoms with Crippen LogP contribution in [0.2, 0.25) is 5.02 Å². The topological polar surface area (TPSA) is 84.7 Å². The number of ether oxygens (including phenoxy) is 1. The third-order valence-corrected chi connectivity index (χ3v) is 5.15. The van der Waals surface area contributed by atoms with Crippen LogP contribution in [-0.2, 0) is 6.61 Å². The highest BCUT2D eigenvalue weighted by atomic mass is 35.5. The largest absolute Gasteiger partial charge is 0.487 e. The van der Waals surface area contributed by atoms with E-state index in [9.17, 15) is 9.59 Å². The van der Waals surface area contributed by atoms with Gasteiger partial charge in [-0.2, -0.15) is 0 Å². The molecule has 0 saturated heterocycles. The van der Waals surface area contributed by atoms with Crippen molar-refractivity contribution in [2.45, 2.75) is 20.5 Å². The number of nitrogens with one attached hydrogen (secondary N) is 2. The molecule has 0 atom stereocenters. The normalized spacial score (nSPS) is 10.7. The van der Waals surface area contributed by atoms with Crippen LogP contribution in [0.15, 0.2) is 71.7 Å². The lowest BCUT2D eigenvalue weighted by atomic mass is 10.2. The molecule has 0 bridgehead atoms. The minimum absolute atomic E-state index is 0.152. The van der Waals surface area contributed by atoms with Gasteiger partial charge in [0.05, 0.1) is 16.4 Å². The average molecular weight is 449 g/mol. The van der Waals surface area contributed by atoms with Crippen LogP contribution in [-0.4, -0.2) is 15.4 Å². The van der Waals surface area contributed by atoms with E-state index in [0.29, 0.717) is 33.5 Å². The predicted octanol–water partition coefficient (Wildman–Crippen LogP) is 5.19. The van der Waals surface area contributed by atoms with Crippen molar-refractivity contribution in [3.05, 3.63) is 99.1 Å². The number of nitrogens with zero attached hydrogens (tertiary/aromatic N) is 2. The van der Waals surface area contributed by atoms with Gasteiger partial charge < -0.3 is 15.4 Å². The summed E-state index contributed by atoms with van der Waals surface area (Å²) in [7, 11) is 0. The standard InChI is InChI=1S/C24H21ClN4O3/c1-15-10-11-29-21(12-15)26-18(13-22(29)30)14-32-19-8-6-17(7-9-19)27-24(31)28-23-16(2)4-3-5-20(23)25/h3-13H,14H2,1-2H3,(H2,27,28,31). The zero-order valence-corrected chi connectivity index (χ0v) is 18.3. The highest BCUT2D eigenvalue weighted by Gasteiger charge is 2.09. The summed E-state index contributed by atoms with van der Waals surface area (Å²) in [4.78, 5) is 29.0. The summed E-state index contributed by atoms with van der Waals surface area (Å²) >= 11 is 6.15. The van der Waals surface area contributed by atoms with Crippen LogP contribution in [0.3, 0.4) is 0 Å². The fourth-order valence-electron chi connectivity index (χ4n) is 3.19. The van der Waals surface area contributed by atoms with Crippen LogP contribution in [0.25, 0.3) is 5.65 Å². The molecule has 0 radical (unpaired) electrons. The van der Waals surface area contributed by atoms with Crippen molar-refractivity contribution in [1.82, 2.24) is 9.38 Å². The lowest BCUT2D eigenvalue weighted by Crippen LogP contribution is -2.20. The smallest absolute Gasteiger partial charge is 0.323 e. The number of fused-ring (bicyclic) bond motifs is 1. The van der Waals surface area contributed by atoms with Crippen LogP contribution in [0.4, 0.5) is 16.2 Å². The number of urea groups is 1. The van der Waals surface area contributed by atoms with Crippen molar-refractivity contribution in [3.8, 4) is 5.75 Å². The molecule has 0 aliphatic carbocycles. The Labute approximate surface area is 189 Å². The van der Waals surface area contributed by atoms with Gasteiger partial charge in [0.25, 0.3) is 5.56 Å². The zero-order chi connectivity index (χ0) is 22.7. The first-order valence-electron chi connectivity index (χ1n) is 9.94. The fourth-order valence-corrected chi connectivity index (χ4v) is 3.45. The van der Waals surface area contributed by atoms with E-state index in [1.807, 2.05) is 38.1 Å². The number of para-hydroxylation sites is 1. The number of carbonyl (C=O) groups excluding carboxylic acids is 1. The molecule has 0 saturated carbocycles. The van der Waals surface area contributed by atoms with Crippen LogP contribution in [0, 0.1) is 13.8 Å². The maximum absolute atomic E-state index is 12.3. The molecule has 0 aliphatic rings. The second-order valence-corrected chi connectivity index (χ2v) is 7.75. The molecule has 2 aromatic carbocycles. The van der Waals surface area contributed by atoms with Crippen molar-refractivity contribution < 1.29 is 9.53 Å². The zero-order valence-electron chi connectivity index (χ0n) is 17.6. The molecular weight excluding hydrogens is 428 g/mol. The minimum Gasteiger partial charge on any atom is -0.487 e. The minimum atomic E-state index is -0.397. The van der Waals surface area contributed by atoms with Gasteiger partial charge in [-0.3, -0.25) is 9.20 Å².